The average molecular weight is 617 g/mol. The van der Waals surface area contributed by atoms with Gasteiger partial charge >= 0.3 is 6.03 Å². The highest BCUT2D eigenvalue weighted by Gasteiger charge is 2.16. The van der Waals surface area contributed by atoms with Crippen LogP contribution in [-0.2, 0) is 5.75 Å². The number of anilines is 1. The number of unbranched alkanes of at least 4 members (excludes halogenated alkanes) is 3. The number of benzene rings is 1. The van der Waals surface area contributed by atoms with E-state index in [-0.39, 0.29) is 17.9 Å². The van der Waals surface area contributed by atoms with Crippen LogP contribution in [0.15, 0.2) is 54.0 Å². The van der Waals surface area contributed by atoms with E-state index in [2.05, 4.69) is 56.1 Å². The van der Waals surface area contributed by atoms with E-state index in [1.54, 1.807) is 11.8 Å². The lowest BCUT2D eigenvalue weighted by atomic mass is 9.92. The number of hydrogen-bond acceptors (Lipinski definition) is 7. The van der Waals surface area contributed by atoms with Gasteiger partial charge in [-0.05, 0) is 69.2 Å². The summed E-state index contributed by atoms with van der Waals surface area (Å²) in [5.74, 6) is 1.68. The highest BCUT2D eigenvalue weighted by Crippen LogP contribution is 2.28. The van der Waals surface area contributed by atoms with E-state index in [1.807, 2.05) is 35.8 Å². The lowest BCUT2D eigenvalue weighted by Crippen LogP contribution is -2.37. The third-order valence-corrected chi connectivity index (χ3v) is 8.50. The van der Waals surface area contributed by atoms with Gasteiger partial charge in [0, 0.05) is 52.8 Å². The quantitative estimate of drug-likeness (QED) is 0.0699. The summed E-state index contributed by atoms with van der Waals surface area (Å²) in [6, 6.07) is 14.1. The minimum atomic E-state index is -0.117. The normalized spacial score (nSPS) is 11.8. The van der Waals surface area contributed by atoms with Crippen LogP contribution in [0, 0.1) is 5.41 Å². The van der Waals surface area contributed by atoms with Crippen molar-refractivity contribution in [3.63, 3.8) is 0 Å². The first-order valence-electron chi connectivity index (χ1n) is 13.9. The van der Waals surface area contributed by atoms with Gasteiger partial charge in [-0.25, -0.2) is 9.78 Å². The summed E-state index contributed by atoms with van der Waals surface area (Å²) in [4.78, 5) is 23.4. The van der Waals surface area contributed by atoms with Gasteiger partial charge < -0.3 is 26.6 Å². The van der Waals surface area contributed by atoms with Gasteiger partial charge in [0.25, 0.3) is 0 Å². The minimum absolute atomic E-state index is 0.116. The van der Waals surface area contributed by atoms with Crippen LogP contribution >= 0.6 is 34.7 Å². The molecule has 2 heterocycles. The molecule has 0 aliphatic rings. The highest BCUT2D eigenvalue weighted by atomic mass is 35.5. The number of nitrogens with two attached hydrogens (primary N) is 1. The number of thioether (sulfide) groups is 1. The number of aromatic nitrogens is 2. The van der Waals surface area contributed by atoms with Crippen molar-refractivity contribution >= 4 is 51.8 Å². The van der Waals surface area contributed by atoms with E-state index < -0.39 is 0 Å². The van der Waals surface area contributed by atoms with Crippen LogP contribution < -0.4 is 21.7 Å². The molecule has 1 aromatic carbocycles. The molecule has 0 saturated heterocycles. The van der Waals surface area contributed by atoms with E-state index >= 15 is 0 Å². The first-order chi connectivity index (χ1) is 19.9. The number of nitrogens with one attached hydrogen (secondary N) is 4. The molecule has 0 radical (unpaired) electrons. The molecule has 0 aliphatic heterocycles. The summed E-state index contributed by atoms with van der Waals surface area (Å²) in [5.41, 5.74) is 8.58. The predicted octanol–water partition coefficient (Wildman–Crippen LogP) is 5.74. The van der Waals surface area contributed by atoms with Crippen LogP contribution in [0.25, 0.3) is 0 Å². The van der Waals surface area contributed by atoms with Crippen molar-refractivity contribution in [1.82, 2.24) is 25.5 Å². The lowest BCUT2D eigenvalue weighted by Gasteiger charge is -2.22. The Morgan fingerprint density at radius 3 is 2.63 bits per heavy atom. The number of amides is 2. The summed E-state index contributed by atoms with van der Waals surface area (Å²) >= 11 is 9.23. The van der Waals surface area contributed by atoms with Crippen LogP contribution in [0.5, 0.6) is 0 Å². The second kappa shape index (κ2) is 18.5. The number of pyridine rings is 1. The Labute approximate surface area is 256 Å². The molecule has 2 aromatic heterocycles. The largest absolute Gasteiger partial charge is 0.370 e. The van der Waals surface area contributed by atoms with Crippen molar-refractivity contribution in [2.75, 3.05) is 44.3 Å². The molecule has 3 rings (SSSR count). The van der Waals surface area contributed by atoms with Gasteiger partial charge in [-0.2, -0.15) is 11.8 Å². The molecule has 9 nitrogen and oxygen atoms in total. The standard InChI is InChI=1S/C29H41ClN8OS2/c1-38(18-13-25(26-8-4-6-14-33-26)22-9-11-23(30)12-10-22)17-7-3-2-5-15-34-28(39)35-16-19-40-20-24-21-41-29(36-24)37-27(31)32/h4,6,8-12,14,21,25H,2-3,5,7,13,15-20H2,1H3,(H2,34,35,39)(H4,31,32,36,37). The number of urea groups is 1. The molecule has 12 heteroatoms. The molecule has 3 aromatic rings. The summed E-state index contributed by atoms with van der Waals surface area (Å²) in [5, 5.41) is 19.1. The summed E-state index contributed by atoms with van der Waals surface area (Å²) < 4.78 is 0. The van der Waals surface area contributed by atoms with Crippen molar-refractivity contribution < 1.29 is 4.79 Å². The van der Waals surface area contributed by atoms with Gasteiger partial charge in [0.15, 0.2) is 11.1 Å². The Bertz CT molecular complexity index is 1180. The molecule has 6 N–H and O–H groups in total. The molecule has 0 bridgehead atoms. The monoisotopic (exact) mass is 616 g/mol. The summed E-state index contributed by atoms with van der Waals surface area (Å²) in [6.45, 7) is 3.33. The van der Waals surface area contributed by atoms with E-state index in [9.17, 15) is 4.79 Å². The van der Waals surface area contributed by atoms with Crippen molar-refractivity contribution in [1.29, 1.82) is 5.41 Å². The van der Waals surface area contributed by atoms with Crippen molar-refractivity contribution in [3.8, 4) is 0 Å². The SMILES string of the molecule is CN(CCCCCCNC(=O)NCCSCc1csc(NC(=N)N)n1)CCC(c1ccc(Cl)cc1)c1ccccn1. The first-order valence-corrected chi connectivity index (χ1v) is 16.3. The Morgan fingerprint density at radius 1 is 1.10 bits per heavy atom. The molecular formula is C29H41ClN8OS2. The lowest BCUT2D eigenvalue weighted by molar-refractivity contribution is 0.241. The van der Waals surface area contributed by atoms with Crippen LogP contribution in [0.3, 0.4) is 0 Å². The van der Waals surface area contributed by atoms with Gasteiger partial charge in [0.1, 0.15) is 0 Å². The Morgan fingerprint density at radius 2 is 1.88 bits per heavy atom. The molecule has 0 spiro atoms. The van der Waals surface area contributed by atoms with Crippen LogP contribution in [0.2, 0.25) is 5.02 Å². The fourth-order valence-electron chi connectivity index (χ4n) is 4.31. The summed E-state index contributed by atoms with van der Waals surface area (Å²) in [7, 11) is 2.18. The van der Waals surface area contributed by atoms with Crippen molar-refractivity contribution in [3.05, 3.63) is 76.0 Å². The van der Waals surface area contributed by atoms with E-state index in [1.165, 1.54) is 16.9 Å². The maximum absolute atomic E-state index is 12.0. The number of carbonyl (C=O) groups excluding carboxylic acids is 1. The molecule has 1 atom stereocenters. The van der Waals surface area contributed by atoms with Gasteiger partial charge in [-0.3, -0.25) is 10.4 Å². The van der Waals surface area contributed by atoms with Gasteiger partial charge in [-0.15, -0.1) is 11.3 Å². The first kappa shape index (κ1) is 32.7. The molecule has 0 aliphatic carbocycles. The third kappa shape index (κ3) is 13.1. The molecule has 0 fully saturated rings. The van der Waals surface area contributed by atoms with Crippen LogP contribution in [0.4, 0.5) is 9.93 Å². The average Bonchev–Trinajstić information content (AvgIpc) is 3.40. The van der Waals surface area contributed by atoms with E-state index in [0.29, 0.717) is 18.2 Å². The van der Waals surface area contributed by atoms with Gasteiger partial charge in [0.05, 0.1) is 5.69 Å². The van der Waals surface area contributed by atoms with Crippen molar-refractivity contribution in [2.24, 2.45) is 5.73 Å². The fourth-order valence-corrected chi connectivity index (χ4v) is 6.01. The maximum Gasteiger partial charge on any atom is 0.314 e. The summed E-state index contributed by atoms with van der Waals surface area (Å²) in [6.07, 6.45) is 7.21. The Hall–Kier alpha value is -2.86. The number of hydrogen-bond donors (Lipinski definition) is 5. The van der Waals surface area contributed by atoms with Crippen LogP contribution in [-0.4, -0.2) is 65.8 Å². The molecule has 0 saturated carbocycles. The second-order valence-electron chi connectivity index (χ2n) is 9.78. The molecule has 2 amide bonds. The van der Waals surface area contributed by atoms with Gasteiger partial charge in [0.2, 0.25) is 0 Å². The predicted molar refractivity (Wildman–Crippen MR) is 173 cm³/mol. The van der Waals surface area contributed by atoms with Crippen LogP contribution in [0.1, 0.15) is 55.0 Å². The molecule has 1 unspecified atom stereocenters. The van der Waals surface area contributed by atoms with E-state index in [0.717, 1.165) is 73.1 Å². The second-order valence-corrected chi connectivity index (χ2v) is 12.2. The minimum Gasteiger partial charge on any atom is -0.370 e. The van der Waals surface area contributed by atoms with E-state index in [4.69, 9.17) is 22.7 Å². The number of guanidine groups is 1. The zero-order chi connectivity index (χ0) is 29.3. The molecular weight excluding hydrogens is 576 g/mol. The van der Waals surface area contributed by atoms with Gasteiger partial charge in [-0.1, -0.05) is 42.6 Å². The number of halogens is 1. The molecule has 222 valence electrons. The smallest absolute Gasteiger partial charge is 0.314 e. The Kier molecular flexibility index (Phi) is 14.8. The number of rotatable bonds is 18. The number of nitrogens with zero attached hydrogens (tertiary/aromatic N) is 3. The maximum atomic E-state index is 12.0. The third-order valence-electron chi connectivity index (χ3n) is 6.44. The zero-order valence-electron chi connectivity index (χ0n) is 23.6. The zero-order valence-corrected chi connectivity index (χ0v) is 26.0. The number of carbonyl (C=O) groups is 1. The van der Waals surface area contributed by atoms with Crippen molar-refractivity contribution in [2.45, 2.75) is 43.8 Å². The molecule has 41 heavy (non-hydrogen) atoms. The fraction of sp³-hybridized carbons (Fsp3) is 0.448. The highest BCUT2D eigenvalue weighted by molar-refractivity contribution is 7.98. The Balaban J connectivity index is 1.20. The topological polar surface area (TPSA) is 132 Å². The number of thiazole rings is 1.